The van der Waals surface area contributed by atoms with Gasteiger partial charge in [0.25, 0.3) is 0 Å². The molecule has 2 aromatic carbocycles. The van der Waals surface area contributed by atoms with Crippen LogP contribution in [0.25, 0.3) is 21.8 Å². The van der Waals surface area contributed by atoms with Crippen molar-refractivity contribution in [2.45, 2.75) is 70.7 Å². The summed E-state index contributed by atoms with van der Waals surface area (Å²) in [5, 5.41) is 13.2. The van der Waals surface area contributed by atoms with Gasteiger partial charge in [-0.1, -0.05) is 32.9 Å². The molecule has 9 nitrogen and oxygen atoms in total. The summed E-state index contributed by atoms with van der Waals surface area (Å²) >= 11 is 0. The van der Waals surface area contributed by atoms with Crippen LogP contribution in [0.4, 0.5) is 0 Å². The van der Waals surface area contributed by atoms with Gasteiger partial charge in [0.15, 0.2) is 5.78 Å². The van der Waals surface area contributed by atoms with Gasteiger partial charge in [-0.15, -0.1) is 13.2 Å². The van der Waals surface area contributed by atoms with Crippen molar-refractivity contribution in [3.63, 3.8) is 0 Å². The maximum absolute atomic E-state index is 12.7. The van der Waals surface area contributed by atoms with Gasteiger partial charge in [0.1, 0.15) is 18.1 Å². The molecular weight excluding hydrogens is 689 g/mol. The second-order valence-electron chi connectivity index (χ2n) is 16.9. The smallest absolute Gasteiger partial charge is 0.163 e. The molecule has 10 rings (SSSR count). The summed E-state index contributed by atoms with van der Waals surface area (Å²) in [5.41, 5.74) is 3.42. The van der Waals surface area contributed by atoms with E-state index in [0.717, 1.165) is 83.5 Å². The van der Waals surface area contributed by atoms with Crippen LogP contribution in [-0.2, 0) is 9.53 Å². The van der Waals surface area contributed by atoms with Crippen molar-refractivity contribution in [2.75, 3.05) is 47.0 Å². The molecule has 6 fully saturated rings. The van der Waals surface area contributed by atoms with Crippen LogP contribution in [0.15, 0.2) is 86.2 Å². The first-order chi connectivity index (χ1) is 26.5. The molecule has 55 heavy (non-hydrogen) atoms. The van der Waals surface area contributed by atoms with E-state index in [1.165, 1.54) is 12.8 Å². The number of pyridine rings is 2. The molecule has 2 aromatic heterocycles. The van der Waals surface area contributed by atoms with Crippen molar-refractivity contribution in [1.82, 2.24) is 19.8 Å². The minimum atomic E-state index is -0.504. The zero-order chi connectivity index (χ0) is 38.9. The molecule has 8 heterocycles. The highest BCUT2D eigenvalue weighted by Crippen LogP contribution is 2.45. The maximum Gasteiger partial charge on any atom is 0.163 e. The summed E-state index contributed by atoms with van der Waals surface area (Å²) in [6, 6.07) is 16.2. The summed E-state index contributed by atoms with van der Waals surface area (Å²) < 4.78 is 17.3. The van der Waals surface area contributed by atoms with E-state index in [0.29, 0.717) is 23.7 Å². The molecule has 0 amide bonds. The van der Waals surface area contributed by atoms with E-state index < -0.39 is 11.5 Å². The lowest BCUT2D eigenvalue weighted by atomic mass is 9.73. The molecule has 0 aliphatic carbocycles. The molecule has 0 saturated carbocycles. The molecule has 292 valence electrons. The van der Waals surface area contributed by atoms with E-state index in [1.54, 1.807) is 20.4 Å². The number of ketones is 1. The van der Waals surface area contributed by atoms with Crippen molar-refractivity contribution >= 4 is 27.6 Å². The van der Waals surface area contributed by atoms with Crippen molar-refractivity contribution in [3.8, 4) is 11.5 Å². The first kappa shape index (κ1) is 39.1. The molecule has 0 spiro atoms. The fourth-order valence-corrected chi connectivity index (χ4v) is 9.45. The largest absolute Gasteiger partial charge is 0.497 e. The zero-order valence-electron chi connectivity index (χ0n) is 33.2. The quantitative estimate of drug-likeness (QED) is 0.153. The maximum atomic E-state index is 12.7. The number of Topliss-reactive ketones (excluding diaryl/α,β-unsaturated/α-hetero) is 1. The Morgan fingerprint density at radius 1 is 0.818 bits per heavy atom. The molecule has 6 saturated heterocycles. The van der Waals surface area contributed by atoms with Crippen molar-refractivity contribution in [2.24, 2.45) is 29.1 Å². The van der Waals surface area contributed by atoms with Gasteiger partial charge in [-0.05, 0) is 122 Å². The Morgan fingerprint density at radius 2 is 1.33 bits per heavy atom. The van der Waals surface area contributed by atoms with E-state index in [2.05, 4.69) is 45.1 Å². The van der Waals surface area contributed by atoms with Gasteiger partial charge in [-0.25, -0.2) is 0 Å². The van der Waals surface area contributed by atoms with E-state index in [4.69, 9.17) is 14.2 Å². The van der Waals surface area contributed by atoms with Gasteiger partial charge in [0.05, 0.1) is 37.5 Å². The zero-order valence-corrected chi connectivity index (χ0v) is 33.2. The van der Waals surface area contributed by atoms with Crippen LogP contribution in [-0.4, -0.2) is 89.7 Å². The monoisotopic (exact) mass is 746 g/mol. The minimum absolute atomic E-state index is 0.113. The number of carbonyl (C=O) groups is 1. The third-order valence-electron chi connectivity index (χ3n) is 12.8. The summed E-state index contributed by atoms with van der Waals surface area (Å²) in [6.07, 6.45) is 11.6. The molecule has 6 aliphatic heterocycles. The third kappa shape index (κ3) is 8.08. The highest BCUT2D eigenvalue weighted by Gasteiger charge is 2.44. The number of nitrogens with zero attached hydrogens (tertiary/aromatic N) is 4. The number of benzene rings is 2. The first-order valence-electron chi connectivity index (χ1n) is 19.9. The Hall–Kier alpha value is -4.15. The lowest BCUT2D eigenvalue weighted by Crippen LogP contribution is -2.55. The van der Waals surface area contributed by atoms with Crippen molar-refractivity contribution in [3.05, 3.63) is 97.4 Å². The second-order valence-corrected chi connectivity index (χ2v) is 16.9. The SMILES string of the molecule is C=CC1CN2CCC1CC2[C@@H](O)c1ccnc2ccc(OC)cc12.C=CC1CN2CCC1CC2[C@@H](OCC(=O)C(C)(C)C)c1ccnc2ccc(OC)cc12. The Bertz CT molecular complexity index is 2010. The van der Waals surface area contributed by atoms with Gasteiger partial charge in [0.2, 0.25) is 0 Å². The lowest BCUT2D eigenvalue weighted by Gasteiger charge is -2.51. The number of aliphatic hydroxyl groups excluding tert-OH is 1. The number of fused-ring (bicyclic) bond motifs is 8. The molecule has 8 unspecified atom stereocenters. The average Bonchev–Trinajstić information content (AvgIpc) is 3.22. The van der Waals surface area contributed by atoms with Crippen LogP contribution < -0.4 is 9.47 Å². The van der Waals surface area contributed by atoms with Crippen LogP contribution in [0.2, 0.25) is 0 Å². The Labute approximate surface area is 326 Å². The highest BCUT2D eigenvalue weighted by molar-refractivity contribution is 5.86. The van der Waals surface area contributed by atoms with Gasteiger partial charge in [-0.2, -0.15) is 0 Å². The van der Waals surface area contributed by atoms with Gasteiger partial charge in [-0.3, -0.25) is 24.6 Å². The van der Waals surface area contributed by atoms with E-state index in [9.17, 15) is 9.90 Å². The van der Waals surface area contributed by atoms with Crippen molar-refractivity contribution in [1.29, 1.82) is 0 Å². The van der Waals surface area contributed by atoms with E-state index in [1.807, 2.05) is 75.5 Å². The molecule has 4 bridgehead atoms. The highest BCUT2D eigenvalue weighted by atomic mass is 16.5. The van der Waals surface area contributed by atoms with Gasteiger partial charge in [0, 0.05) is 53.8 Å². The van der Waals surface area contributed by atoms with Crippen LogP contribution in [0.5, 0.6) is 11.5 Å². The van der Waals surface area contributed by atoms with Crippen LogP contribution >= 0.6 is 0 Å². The number of hydrogen-bond acceptors (Lipinski definition) is 9. The fourth-order valence-electron chi connectivity index (χ4n) is 9.45. The third-order valence-corrected chi connectivity index (χ3v) is 12.8. The summed E-state index contributed by atoms with van der Waals surface area (Å²) in [5.74, 6) is 4.08. The lowest BCUT2D eigenvalue weighted by molar-refractivity contribution is -0.137. The predicted molar refractivity (Wildman–Crippen MR) is 218 cm³/mol. The number of aromatic nitrogens is 2. The van der Waals surface area contributed by atoms with Crippen LogP contribution in [0, 0.1) is 29.1 Å². The normalized spacial score (nSPS) is 28.2. The van der Waals surface area contributed by atoms with E-state index >= 15 is 0 Å². The van der Waals surface area contributed by atoms with Crippen molar-refractivity contribution < 1.29 is 24.1 Å². The molecular formula is C46H58N4O5. The van der Waals surface area contributed by atoms with Crippen LogP contribution in [0.3, 0.4) is 0 Å². The Morgan fingerprint density at radius 3 is 1.80 bits per heavy atom. The molecule has 10 atom stereocenters. The van der Waals surface area contributed by atoms with Crippen LogP contribution in [0.1, 0.15) is 69.8 Å². The summed E-state index contributed by atoms with van der Waals surface area (Å²) in [6.45, 7) is 18.2. The molecule has 9 heteroatoms. The predicted octanol–water partition coefficient (Wildman–Crippen LogP) is 7.99. The number of ether oxygens (including phenoxy) is 3. The summed E-state index contributed by atoms with van der Waals surface area (Å²) in [7, 11) is 3.34. The number of methoxy groups -OCH3 is 2. The minimum Gasteiger partial charge on any atom is -0.497 e. The molecule has 0 radical (unpaired) electrons. The Kier molecular flexibility index (Phi) is 11.7. The van der Waals surface area contributed by atoms with Gasteiger partial charge < -0.3 is 19.3 Å². The molecule has 6 aliphatic rings. The standard InChI is InChI=1S/C26H34N2O3.C20H24N2O2/c1-6-17-15-28-12-10-18(17)13-23(28)25(31-16-24(29)26(2,3)4)20-9-11-27-22-8-7-19(30-5)14-21(20)22;1-3-13-12-22-9-7-14(13)10-19(22)20(23)16-6-8-21-18-5-4-15(24-2)11-17(16)18/h6-9,11,14,17-18,23,25H,1,10,12-13,15-16H2,2-5H3;3-6,8,11,13-14,19-20,23H,1,7,9-10,12H2,2H3/t17?,18?,23?,25-;13?,14?,19?,20-/m00/s1. The number of aliphatic hydroxyl groups is 1. The number of piperidine rings is 6. The fraction of sp³-hybridized carbons (Fsp3) is 0.500. The number of carbonyl (C=O) groups excluding carboxylic acids is 1. The number of hydrogen-bond donors (Lipinski definition) is 1. The topological polar surface area (TPSA) is 97.2 Å². The average molecular weight is 747 g/mol. The molecule has 1 N–H and O–H groups in total. The second kappa shape index (κ2) is 16.5. The Balaban J connectivity index is 0.000000174. The molecule has 4 aromatic rings. The summed E-state index contributed by atoms with van der Waals surface area (Å²) in [4.78, 5) is 26.7. The van der Waals surface area contributed by atoms with E-state index in [-0.39, 0.29) is 30.6 Å². The number of rotatable bonds is 11. The van der Waals surface area contributed by atoms with Gasteiger partial charge >= 0.3 is 0 Å². The first-order valence-corrected chi connectivity index (χ1v) is 19.9.